The van der Waals surface area contributed by atoms with Crippen LogP contribution in [0.15, 0.2) is 97.1 Å². The van der Waals surface area contributed by atoms with Gasteiger partial charge in [0.05, 0.1) is 0 Å². The van der Waals surface area contributed by atoms with Crippen molar-refractivity contribution in [3.05, 3.63) is 108 Å². The predicted octanol–water partition coefficient (Wildman–Crippen LogP) is 7.45. The smallest absolute Gasteiger partial charge is 0.128 e. The number of benzene rings is 4. The molecule has 1 nitrogen and oxygen atoms in total. The second kappa shape index (κ2) is 6.38. The molecular weight excluding hydrogens is 340 g/mol. The summed E-state index contributed by atoms with van der Waals surface area (Å²) in [5.41, 5.74) is 7.90. The van der Waals surface area contributed by atoms with Crippen molar-refractivity contribution in [3.63, 3.8) is 0 Å². The van der Waals surface area contributed by atoms with E-state index in [1.165, 1.54) is 33.4 Å². The molecule has 0 saturated heterocycles. The highest BCUT2D eigenvalue weighted by molar-refractivity contribution is 5.83. The van der Waals surface area contributed by atoms with Gasteiger partial charge in [-0.25, -0.2) is 0 Å². The van der Waals surface area contributed by atoms with Crippen LogP contribution in [-0.4, -0.2) is 0 Å². The highest BCUT2D eigenvalue weighted by atomic mass is 16.5. The van der Waals surface area contributed by atoms with Gasteiger partial charge in [0.15, 0.2) is 0 Å². The molecule has 1 aliphatic carbocycles. The van der Waals surface area contributed by atoms with E-state index in [9.17, 15) is 0 Å². The molecule has 0 amide bonds. The number of hydrogen-bond donors (Lipinski definition) is 0. The summed E-state index contributed by atoms with van der Waals surface area (Å²) in [7, 11) is 0. The van der Waals surface area contributed by atoms with E-state index in [1.807, 2.05) is 36.4 Å². The summed E-state index contributed by atoms with van der Waals surface area (Å²) in [6, 6.07) is 33.8. The number of ether oxygens (including phenoxy) is 1. The molecule has 5 rings (SSSR count). The Labute approximate surface area is 166 Å². The second-order valence-electron chi connectivity index (χ2n) is 7.87. The topological polar surface area (TPSA) is 9.23 Å². The Morgan fingerprint density at radius 2 is 1.21 bits per heavy atom. The highest BCUT2D eigenvalue weighted by Crippen LogP contribution is 2.49. The van der Waals surface area contributed by atoms with Crippen LogP contribution < -0.4 is 4.74 Å². The number of para-hydroxylation sites is 1. The Hall–Kier alpha value is -3.32. The van der Waals surface area contributed by atoms with Crippen molar-refractivity contribution >= 4 is 0 Å². The first-order valence-corrected chi connectivity index (χ1v) is 9.71. The summed E-state index contributed by atoms with van der Waals surface area (Å²) in [6.45, 7) is 4.63. The Balaban J connectivity index is 1.54. The summed E-state index contributed by atoms with van der Waals surface area (Å²) in [6.07, 6.45) is 0. The molecule has 0 N–H and O–H groups in total. The molecule has 4 aromatic rings. The SMILES string of the molecule is CC1(C)c2ccccc2-c2ccc(-c3cccc(Oc4ccccc4)c3)cc21. The molecule has 4 aromatic carbocycles. The minimum Gasteiger partial charge on any atom is -0.457 e. The summed E-state index contributed by atoms with van der Waals surface area (Å²) < 4.78 is 6.02. The summed E-state index contributed by atoms with van der Waals surface area (Å²) in [4.78, 5) is 0. The first-order valence-electron chi connectivity index (χ1n) is 9.71. The highest BCUT2D eigenvalue weighted by Gasteiger charge is 2.35. The van der Waals surface area contributed by atoms with E-state index in [-0.39, 0.29) is 5.41 Å². The van der Waals surface area contributed by atoms with Crippen LogP contribution in [0.25, 0.3) is 22.3 Å². The fourth-order valence-electron chi connectivity index (χ4n) is 4.25. The molecule has 0 unspecified atom stereocenters. The van der Waals surface area contributed by atoms with E-state index in [1.54, 1.807) is 0 Å². The zero-order valence-corrected chi connectivity index (χ0v) is 16.1. The number of fused-ring (bicyclic) bond motifs is 3. The standard InChI is InChI=1S/C27H22O/c1-27(2)25-14-7-6-13-23(25)24-16-15-20(18-26(24)27)19-9-8-12-22(17-19)28-21-10-4-3-5-11-21/h3-18H,1-2H3. The van der Waals surface area contributed by atoms with Crippen molar-refractivity contribution in [2.24, 2.45) is 0 Å². The third-order valence-corrected chi connectivity index (χ3v) is 5.73. The molecule has 0 saturated carbocycles. The summed E-state index contributed by atoms with van der Waals surface area (Å²) >= 11 is 0. The average molecular weight is 362 g/mol. The van der Waals surface area contributed by atoms with Gasteiger partial charge in [0.1, 0.15) is 11.5 Å². The monoisotopic (exact) mass is 362 g/mol. The lowest BCUT2D eigenvalue weighted by Crippen LogP contribution is -2.14. The summed E-state index contributed by atoms with van der Waals surface area (Å²) in [5, 5.41) is 0. The fourth-order valence-corrected chi connectivity index (χ4v) is 4.25. The zero-order valence-electron chi connectivity index (χ0n) is 16.1. The van der Waals surface area contributed by atoms with Crippen LogP contribution >= 0.6 is 0 Å². The van der Waals surface area contributed by atoms with Crippen molar-refractivity contribution in [1.29, 1.82) is 0 Å². The van der Waals surface area contributed by atoms with Gasteiger partial charge in [-0.15, -0.1) is 0 Å². The van der Waals surface area contributed by atoms with Gasteiger partial charge in [-0.05, 0) is 63.7 Å². The molecular formula is C27H22O. The van der Waals surface area contributed by atoms with E-state index >= 15 is 0 Å². The predicted molar refractivity (Wildman–Crippen MR) is 116 cm³/mol. The Morgan fingerprint density at radius 1 is 0.536 bits per heavy atom. The molecule has 0 bridgehead atoms. The minimum absolute atomic E-state index is 0.0140. The van der Waals surface area contributed by atoms with E-state index in [2.05, 4.69) is 74.5 Å². The third kappa shape index (κ3) is 2.71. The van der Waals surface area contributed by atoms with Crippen LogP contribution in [0, 0.1) is 0 Å². The van der Waals surface area contributed by atoms with Crippen molar-refractivity contribution < 1.29 is 4.74 Å². The molecule has 0 aliphatic heterocycles. The Bertz CT molecular complexity index is 1160. The lowest BCUT2D eigenvalue weighted by atomic mass is 9.81. The van der Waals surface area contributed by atoms with Crippen molar-refractivity contribution in [2.75, 3.05) is 0 Å². The second-order valence-corrected chi connectivity index (χ2v) is 7.87. The van der Waals surface area contributed by atoms with Crippen molar-refractivity contribution in [1.82, 2.24) is 0 Å². The van der Waals surface area contributed by atoms with E-state index in [0.717, 1.165) is 11.5 Å². The Kier molecular flexibility index (Phi) is 3.84. The van der Waals surface area contributed by atoms with Crippen LogP contribution in [0.4, 0.5) is 0 Å². The van der Waals surface area contributed by atoms with Gasteiger partial charge >= 0.3 is 0 Å². The van der Waals surface area contributed by atoms with Crippen LogP contribution in [-0.2, 0) is 5.41 Å². The molecule has 0 fully saturated rings. The molecule has 28 heavy (non-hydrogen) atoms. The largest absolute Gasteiger partial charge is 0.457 e. The van der Waals surface area contributed by atoms with Gasteiger partial charge in [0.2, 0.25) is 0 Å². The molecule has 1 aliphatic rings. The number of hydrogen-bond acceptors (Lipinski definition) is 1. The van der Waals surface area contributed by atoms with Gasteiger partial charge in [-0.1, -0.05) is 80.6 Å². The normalized spacial score (nSPS) is 13.6. The van der Waals surface area contributed by atoms with Gasteiger partial charge in [0, 0.05) is 5.41 Å². The molecule has 0 aromatic heterocycles. The van der Waals surface area contributed by atoms with Gasteiger partial charge < -0.3 is 4.74 Å². The van der Waals surface area contributed by atoms with E-state index < -0.39 is 0 Å². The van der Waals surface area contributed by atoms with Gasteiger partial charge in [-0.2, -0.15) is 0 Å². The molecule has 0 heterocycles. The van der Waals surface area contributed by atoms with Crippen molar-refractivity contribution in [3.8, 4) is 33.8 Å². The fraction of sp³-hybridized carbons (Fsp3) is 0.111. The minimum atomic E-state index is 0.0140. The van der Waals surface area contributed by atoms with Crippen LogP contribution in [0.3, 0.4) is 0 Å². The van der Waals surface area contributed by atoms with Crippen LogP contribution in [0.2, 0.25) is 0 Å². The lowest BCUT2D eigenvalue weighted by Gasteiger charge is -2.22. The quantitative estimate of drug-likeness (QED) is 0.368. The molecule has 0 atom stereocenters. The van der Waals surface area contributed by atoms with Crippen LogP contribution in [0.1, 0.15) is 25.0 Å². The average Bonchev–Trinajstić information content (AvgIpc) is 2.96. The molecule has 136 valence electrons. The molecule has 1 heteroatoms. The maximum absolute atomic E-state index is 6.02. The molecule has 0 spiro atoms. The Morgan fingerprint density at radius 3 is 2.07 bits per heavy atom. The first kappa shape index (κ1) is 16.8. The summed E-state index contributed by atoms with van der Waals surface area (Å²) in [5.74, 6) is 1.71. The van der Waals surface area contributed by atoms with Crippen LogP contribution in [0.5, 0.6) is 11.5 Å². The van der Waals surface area contributed by atoms with E-state index in [4.69, 9.17) is 4.74 Å². The van der Waals surface area contributed by atoms with Crippen molar-refractivity contribution in [2.45, 2.75) is 19.3 Å². The molecule has 0 radical (unpaired) electrons. The van der Waals surface area contributed by atoms with Gasteiger partial charge in [0.25, 0.3) is 0 Å². The third-order valence-electron chi connectivity index (χ3n) is 5.73. The number of rotatable bonds is 3. The first-order chi connectivity index (χ1) is 13.6. The maximum atomic E-state index is 6.02. The maximum Gasteiger partial charge on any atom is 0.128 e. The van der Waals surface area contributed by atoms with E-state index in [0.29, 0.717) is 0 Å². The zero-order chi connectivity index (χ0) is 19.1. The lowest BCUT2D eigenvalue weighted by molar-refractivity contribution is 0.483. The van der Waals surface area contributed by atoms with Gasteiger partial charge in [-0.3, -0.25) is 0 Å².